The van der Waals surface area contributed by atoms with E-state index in [2.05, 4.69) is 10.6 Å². The molecule has 6 nitrogen and oxygen atoms in total. The van der Waals surface area contributed by atoms with E-state index < -0.39 is 5.97 Å². The van der Waals surface area contributed by atoms with Gasteiger partial charge in [0.25, 0.3) is 0 Å². The van der Waals surface area contributed by atoms with Gasteiger partial charge < -0.3 is 15.7 Å². The Morgan fingerprint density at radius 1 is 1.40 bits per heavy atom. The topological polar surface area (TPSA) is 95.5 Å². The molecule has 1 saturated heterocycles. The van der Waals surface area contributed by atoms with Gasteiger partial charge >= 0.3 is 5.97 Å². The number of aromatic carboxylic acids is 1. The number of carbonyl (C=O) groups excluding carboxylic acids is 2. The minimum atomic E-state index is -1.02. The summed E-state index contributed by atoms with van der Waals surface area (Å²) < 4.78 is 0. The molecule has 2 amide bonds. The van der Waals surface area contributed by atoms with Crippen molar-refractivity contribution in [1.29, 1.82) is 0 Å². The first kappa shape index (κ1) is 14.0. The van der Waals surface area contributed by atoms with Gasteiger partial charge in [0, 0.05) is 18.7 Å². The number of anilines is 1. The zero-order chi connectivity index (χ0) is 14.7. The number of rotatable bonds is 3. The number of carboxylic acids is 1. The molecule has 0 saturated carbocycles. The van der Waals surface area contributed by atoms with Gasteiger partial charge in [0.05, 0.1) is 11.5 Å². The van der Waals surface area contributed by atoms with Gasteiger partial charge in [0.2, 0.25) is 11.8 Å². The van der Waals surface area contributed by atoms with Crippen LogP contribution in [-0.4, -0.2) is 29.4 Å². The molecule has 0 spiro atoms. The molecule has 3 N–H and O–H groups in total. The fourth-order valence-electron chi connectivity index (χ4n) is 2.13. The molecule has 1 aliphatic rings. The summed E-state index contributed by atoms with van der Waals surface area (Å²) in [4.78, 5) is 34.1. The summed E-state index contributed by atoms with van der Waals surface area (Å²) in [5.74, 6) is -1.55. The van der Waals surface area contributed by atoms with Gasteiger partial charge in [0.1, 0.15) is 0 Å². The second-order valence-corrected chi connectivity index (χ2v) is 4.86. The third-order valence-electron chi connectivity index (χ3n) is 3.37. The van der Waals surface area contributed by atoms with E-state index in [-0.39, 0.29) is 23.3 Å². The first-order chi connectivity index (χ1) is 9.47. The van der Waals surface area contributed by atoms with Crippen molar-refractivity contribution in [3.05, 3.63) is 29.3 Å². The molecule has 2 rings (SSSR count). The molecular weight excluding hydrogens is 260 g/mol. The Bertz CT molecular complexity index is 558. The second kappa shape index (κ2) is 5.73. The maximum atomic E-state index is 12.0. The maximum Gasteiger partial charge on any atom is 0.336 e. The molecule has 1 atom stereocenters. The Labute approximate surface area is 116 Å². The van der Waals surface area contributed by atoms with Crippen LogP contribution in [0.2, 0.25) is 0 Å². The van der Waals surface area contributed by atoms with Crippen LogP contribution >= 0.6 is 0 Å². The van der Waals surface area contributed by atoms with Gasteiger partial charge in [-0.15, -0.1) is 0 Å². The predicted molar refractivity (Wildman–Crippen MR) is 72.5 cm³/mol. The second-order valence-electron chi connectivity index (χ2n) is 4.86. The highest BCUT2D eigenvalue weighted by Crippen LogP contribution is 2.18. The molecule has 1 heterocycles. The minimum absolute atomic E-state index is 0.0439. The lowest BCUT2D eigenvalue weighted by Gasteiger charge is -2.21. The molecule has 1 aliphatic heterocycles. The van der Waals surface area contributed by atoms with Crippen LogP contribution in [0.15, 0.2) is 18.2 Å². The molecule has 0 aliphatic carbocycles. The molecular formula is C14H16N2O4. The number of carbonyl (C=O) groups is 3. The summed E-state index contributed by atoms with van der Waals surface area (Å²) in [6.07, 6.45) is 0.849. The van der Waals surface area contributed by atoms with Crippen LogP contribution in [0.1, 0.15) is 28.8 Å². The van der Waals surface area contributed by atoms with Gasteiger partial charge in [-0.3, -0.25) is 9.59 Å². The molecule has 1 fully saturated rings. The Morgan fingerprint density at radius 3 is 2.75 bits per heavy atom. The Hall–Kier alpha value is -2.37. The van der Waals surface area contributed by atoms with Crippen LogP contribution in [0, 0.1) is 12.8 Å². The van der Waals surface area contributed by atoms with Crippen molar-refractivity contribution in [3.8, 4) is 0 Å². The van der Waals surface area contributed by atoms with E-state index >= 15 is 0 Å². The molecule has 6 heteroatoms. The zero-order valence-corrected chi connectivity index (χ0v) is 11.1. The van der Waals surface area contributed by atoms with Gasteiger partial charge in [-0.2, -0.15) is 0 Å². The highest BCUT2D eigenvalue weighted by atomic mass is 16.4. The predicted octanol–water partition coefficient (Wildman–Crippen LogP) is 1.16. The van der Waals surface area contributed by atoms with Gasteiger partial charge in [-0.25, -0.2) is 4.79 Å². The van der Waals surface area contributed by atoms with Crippen molar-refractivity contribution >= 4 is 23.5 Å². The Kier molecular flexibility index (Phi) is 4.02. The summed E-state index contributed by atoms with van der Waals surface area (Å²) in [6, 6.07) is 4.76. The minimum Gasteiger partial charge on any atom is -0.478 e. The van der Waals surface area contributed by atoms with Crippen molar-refractivity contribution in [2.75, 3.05) is 11.9 Å². The molecule has 106 valence electrons. The number of hydrogen-bond donors (Lipinski definition) is 3. The summed E-state index contributed by atoms with van der Waals surface area (Å²) in [5.41, 5.74) is 1.26. The van der Waals surface area contributed by atoms with Crippen LogP contribution in [0.5, 0.6) is 0 Å². The lowest BCUT2D eigenvalue weighted by molar-refractivity contribution is -0.126. The number of amides is 2. The number of carboxylic acid groups (broad SMARTS) is 1. The standard InChI is InChI=1S/C14H16N2O4/c1-8-2-4-10(6-11(8)14(19)20)16-13(18)9-3-5-12(17)15-7-9/h2,4,6,9H,3,5,7H2,1H3,(H,15,17)(H,16,18)(H,19,20). The molecule has 1 aromatic carbocycles. The number of nitrogens with one attached hydrogen (secondary N) is 2. The fourth-order valence-corrected chi connectivity index (χ4v) is 2.13. The van der Waals surface area contributed by atoms with Crippen LogP contribution in [-0.2, 0) is 9.59 Å². The largest absolute Gasteiger partial charge is 0.478 e. The monoisotopic (exact) mass is 276 g/mol. The van der Waals surface area contributed by atoms with Crippen molar-refractivity contribution < 1.29 is 19.5 Å². The number of hydrogen-bond acceptors (Lipinski definition) is 3. The van der Waals surface area contributed by atoms with E-state index in [1.54, 1.807) is 19.1 Å². The van der Waals surface area contributed by atoms with Crippen molar-refractivity contribution in [2.45, 2.75) is 19.8 Å². The first-order valence-corrected chi connectivity index (χ1v) is 6.39. The van der Waals surface area contributed by atoms with Crippen molar-refractivity contribution in [2.24, 2.45) is 5.92 Å². The highest BCUT2D eigenvalue weighted by molar-refractivity contribution is 5.96. The SMILES string of the molecule is Cc1ccc(NC(=O)C2CCC(=O)NC2)cc1C(=O)O. The van der Waals surface area contributed by atoms with E-state index in [0.29, 0.717) is 30.6 Å². The molecule has 1 unspecified atom stereocenters. The van der Waals surface area contributed by atoms with E-state index in [1.165, 1.54) is 6.07 Å². The summed E-state index contributed by atoms with van der Waals surface area (Å²) >= 11 is 0. The third kappa shape index (κ3) is 3.14. The van der Waals surface area contributed by atoms with Crippen LogP contribution in [0.3, 0.4) is 0 Å². The maximum absolute atomic E-state index is 12.0. The summed E-state index contributed by atoms with van der Waals surface area (Å²) in [5, 5.41) is 14.4. The zero-order valence-electron chi connectivity index (χ0n) is 11.1. The first-order valence-electron chi connectivity index (χ1n) is 6.39. The van der Waals surface area contributed by atoms with Crippen LogP contribution in [0.25, 0.3) is 0 Å². The number of piperidine rings is 1. The summed E-state index contributed by atoms with van der Waals surface area (Å²) in [7, 11) is 0. The molecule has 20 heavy (non-hydrogen) atoms. The van der Waals surface area contributed by atoms with Crippen LogP contribution in [0.4, 0.5) is 5.69 Å². The van der Waals surface area contributed by atoms with Gasteiger partial charge in [-0.1, -0.05) is 6.07 Å². The van der Waals surface area contributed by atoms with E-state index in [0.717, 1.165) is 0 Å². The normalized spacial score (nSPS) is 18.2. The van der Waals surface area contributed by atoms with Crippen LogP contribution < -0.4 is 10.6 Å². The van der Waals surface area contributed by atoms with Crippen molar-refractivity contribution in [1.82, 2.24) is 5.32 Å². The molecule has 0 radical (unpaired) electrons. The molecule has 0 bridgehead atoms. The summed E-state index contributed by atoms with van der Waals surface area (Å²) in [6.45, 7) is 2.02. The number of benzene rings is 1. The number of aryl methyl sites for hydroxylation is 1. The van der Waals surface area contributed by atoms with Crippen molar-refractivity contribution in [3.63, 3.8) is 0 Å². The van der Waals surface area contributed by atoms with E-state index in [1.807, 2.05) is 0 Å². The van der Waals surface area contributed by atoms with Gasteiger partial charge in [0.15, 0.2) is 0 Å². The Balaban J connectivity index is 2.06. The smallest absolute Gasteiger partial charge is 0.336 e. The quantitative estimate of drug-likeness (QED) is 0.772. The van der Waals surface area contributed by atoms with E-state index in [9.17, 15) is 14.4 Å². The molecule has 1 aromatic rings. The van der Waals surface area contributed by atoms with E-state index in [4.69, 9.17) is 5.11 Å². The fraction of sp³-hybridized carbons (Fsp3) is 0.357. The third-order valence-corrected chi connectivity index (χ3v) is 3.37. The highest BCUT2D eigenvalue weighted by Gasteiger charge is 2.24. The Morgan fingerprint density at radius 2 is 2.15 bits per heavy atom. The average molecular weight is 276 g/mol. The van der Waals surface area contributed by atoms with Gasteiger partial charge in [-0.05, 0) is 31.0 Å². The molecule has 0 aromatic heterocycles. The average Bonchev–Trinajstić information content (AvgIpc) is 2.41. The lowest BCUT2D eigenvalue weighted by atomic mass is 9.98. The lowest BCUT2D eigenvalue weighted by Crippen LogP contribution is -2.40.